The first-order valence-electron chi connectivity index (χ1n) is 5.69. The van der Waals surface area contributed by atoms with Crippen LogP contribution in [0.25, 0.3) is 0 Å². The van der Waals surface area contributed by atoms with Gasteiger partial charge in [0.1, 0.15) is 0 Å². The van der Waals surface area contributed by atoms with Gasteiger partial charge in [0.2, 0.25) is 0 Å². The molecule has 0 aromatic rings. The van der Waals surface area contributed by atoms with E-state index in [4.69, 9.17) is 0 Å². The average molecular weight is 186 g/mol. The maximum Gasteiger partial charge on any atom is -0.0380 e. The maximum absolute atomic E-state index is 2.28. The zero-order chi connectivity index (χ0) is 11.1. The molecule has 0 spiro atoms. The van der Waals surface area contributed by atoms with Gasteiger partial charge in [-0.1, -0.05) is 61.8 Å². The molecule has 0 aliphatic carbocycles. The third kappa shape index (κ3) is 24.5. The number of rotatable bonds is 2. The molecule has 0 nitrogen and oxygen atoms in total. The molecule has 0 rings (SSSR count). The molecule has 0 radical (unpaired) electrons. The molecule has 0 saturated carbocycles. The molecule has 0 aliphatic rings. The van der Waals surface area contributed by atoms with Gasteiger partial charge in [-0.3, -0.25) is 0 Å². The molecule has 0 amide bonds. The standard InChI is InChI=1S/C8H18.C5H12/c1-7(2)6-8(3,4)5;1-4-5(2)3/h7H,6H2,1-5H3;5H,4H2,1-3H3. The van der Waals surface area contributed by atoms with Crippen molar-refractivity contribution in [3.05, 3.63) is 0 Å². The monoisotopic (exact) mass is 186 g/mol. The van der Waals surface area contributed by atoms with Gasteiger partial charge in [0.15, 0.2) is 0 Å². The molecule has 0 heteroatoms. The highest BCUT2D eigenvalue weighted by Gasteiger charge is 2.11. The minimum atomic E-state index is 0.522. The molecule has 0 aromatic carbocycles. The minimum absolute atomic E-state index is 0.522. The lowest BCUT2D eigenvalue weighted by Crippen LogP contribution is -2.08. The van der Waals surface area contributed by atoms with Crippen LogP contribution in [-0.2, 0) is 0 Å². The van der Waals surface area contributed by atoms with Crippen molar-refractivity contribution >= 4 is 0 Å². The van der Waals surface area contributed by atoms with Gasteiger partial charge < -0.3 is 0 Å². The van der Waals surface area contributed by atoms with E-state index in [-0.39, 0.29) is 0 Å². The van der Waals surface area contributed by atoms with Gasteiger partial charge in [-0.05, 0) is 23.7 Å². The van der Waals surface area contributed by atoms with Crippen LogP contribution in [0.1, 0.15) is 68.2 Å². The van der Waals surface area contributed by atoms with E-state index in [1.165, 1.54) is 12.8 Å². The molecule has 0 fully saturated rings. The van der Waals surface area contributed by atoms with Gasteiger partial charge in [0.25, 0.3) is 0 Å². The first-order chi connectivity index (χ1) is 5.69. The Labute approximate surface area is 86.1 Å². The van der Waals surface area contributed by atoms with E-state index in [0.29, 0.717) is 5.41 Å². The van der Waals surface area contributed by atoms with Crippen molar-refractivity contribution in [2.75, 3.05) is 0 Å². The van der Waals surface area contributed by atoms with E-state index in [1.807, 2.05) is 0 Å². The fourth-order valence-electron chi connectivity index (χ4n) is 1.22. The zero-order valence-corrected chi connectivity index (χ0v) is 11.1. The average Bonchev–Trinajstić information content (AvgIpc) is 1.83. The molecule has 0 saturated heterocycles. The summed E-state index contributed by atoms with van der Waals surface area (Å²) in [7, 11) is 0. The summed E-state index contributed by atoms with van der Waals surface area (Å²) in [6.45, 7) is 18.0. The Kier molecular flexibility index (Phi) is 8.82. The molecule has 0 aliphatic heterocycles. The third-order valence-corrected chi connectivity index (χ3v) is 1.84. The maximum atomic E-state index is 2.28. The van der Waals surface area contributed by atoms with Crippen molar-refractivity contribution in [1.82, 2.24) is 0 Å². The predicted octanol–water partition coefficient (Wildman–Crippen LogP) is 5.13. The van der Waals surface area contributed by atoms with Crippen LogP contribution in [0.2, 0.25) is 0 Å². The molecular weight excluding hydrogens is 156 g/mol. The van der Waals surface area contributed by atoms with E-state index in [0.717, 1.165) is 11.8 Å². The van der Waals surface area contributed by atoms with Crippen LogP contribution in [0, 0.1) is 17.3 Å². The highest BCUT2D eigenvalue weighted by Crippen LogP contribution is 2.23. The third-order valence-electron chi connectivity index (χ3n) is 1.84. The summed E-state index contributed by atoms with van der Waals surface area (Å²) >= 11 is 0. The normalized spacial score (nSPS) is 11.5. The van der Waals surface area contributed by atoms with Crippen molar-refractivity contribution in [3.8, 4) is 0 Å². The van der Waals surface area contributed by atoms with Crippen LogP contribution >= 0.6 is 0 Å². The van der Waals surface area contributed by atoms with Gasteiger partial charge in [-0.15, -0.1) is 0 Å². The lowest BCUT2D eigenvalue weighted by atomic mass is 9.86. The number of hydrogen-bond acceptors (Lipinski definition) is 0. The summed E-state index contributed by atoms with van der Waals surface area (Å²) in [6, 6.07) is 0. The van der Waals surface area contributed by atoms with Gasteiger partial charge in [-0.2, -0.15) is 0 Å². The van der Waals surface area contributed by atoms with Gasteiger partial charge >= 0.3 is 0 Å². The SMILES string of the molecule is CC(C)CC(C)(C)C.CCC(C)C. The minimum Gasteiger partial charge on any atom is -0.0651 e. The zero-order valence-electron chi connectivity index (χ0n) is 11.1. The Bertz CT molecular complexity index is 93.1. The first-order valence-corrected chi connectivity index (χ1v) is 5.69. The molecule has 0 heterocycles. The van der Waals surface area contributed by atoms with Crippen LogP contribution in [0.15, 0.2) is 0 Å². The second-order valence-electron chi connectivity index (χ2n) is 5.96. The summed E-state index contributed by atoms with van der Waals surface area (Å²) in [5.41, 5.74) is 0.522. The summed E-state index contributed by atoms with van der Waals surface area (Å²) in [4.78, 5) is 0. The molecule has 13 heavy (non-hydrogen) atoms. The van der Waals surface area contributed by atoms with Crippen molar-refractivity contribution in [1.29, 1.82) is 0 Å². The van der Waals surface area contributed by atoms with Crippen LogP contribution in [0.5, 0.6) is 0 Å². The molecule has 0 aromatic heterocycles. The lowest BCUT2D eigenvalue weighted by molar-refractivity contribution is 0.320. The molecule has 82 valence electrons. The second kappa shape index (κ2) is 7.41. The van der Waals surface area contributed by atoms with Crippen LogP contribution in [0.4, 0.5) is 0 Å². The Morgan fingerprint density at radius 3 is 1.15 bits per heavy atom. The molecular formula is C13H30. The Hall–Kier alpha value is 0. The second-order valence-corrected chi connectivity index (χ2v) is 5.96. The highest BCUT2D eigenvalue weighted by molar-refractivity contribution is 4.62. The van der Waals surface area contributed by atoms with E-state index in [2.05, 4.69) is 55.4 Å². The van der Waals surface area contributed by atoms with E-state index in [1.54, 1.807) is 0 Å². The largest absolute Gasteiger partial charge is 0.0651 e. The fraction of sp³-hybridized carbons (Fsp3) is 1.00. The fourth-order valence-corrected chi connectivity index (χ4v) is 1.22. The Morgan fingerprint density at radius 1 is 0.846 bits per heavy atom. The summed E-state index contributed by atoms with van der Waals surface area (Å²) in [6.07, 6.45) is 2.63. The highest BCUT2D eigenvalue weighted by atomic mass is 14.2. The van der Waals surface area contributed by atoms with Gasteiger partial charge in [0.05, 0.1) is 0 Å². The smallest absolute Gasteiger partial charge is 0.0380 e. The molecule has 0 N–H and O–H groups in total. The van der Waals surface area contributed by atoms with E-state index >= 15 is 0 Å². The summed E-state index contributed by atoms with van der Waals surface area (Å²) in [5.74, 6) is 1.73. The number of hydrogen-bond donors (Lipinski definition) is 0. The Balaban J connectivity index is 0. The van der Waals surface area contributed by atoms with Gasteiger partial charge in [-0.25, -0.2) is 0 Å². The van der Waals surface area contributed by atoms with Crippen LogP contribution in [-0.4, -0.2) is 0 Å². The van der Waals surface area contributed by atoms with E-state index < -0.39 is 0 Å². The quantitative estimate of drug-likeness (QED) is 0.561. The first kappa shape index (κ1) is 15.5. The lowest BCUT2D eigenvalue weighted by Gasteiger charge is -2.19. The molecule has 0 bridgehead atoms. The predicted molar refractivity (Wildman–Crippen MR) is 64.0 cm³/mol. The van der Waals surface area contributed by atoms with Crippen molar-refractivity contribution in [2.24, 2.45) is 17.3 Å². The van der Waals surface area contributed by atoms with Crippen LogP contribution in [0.3, 0.4) is 0 Å². The molecule has 0 atom stereocenters. The topological polar surface area (TPSA) is 0 Å². The Morgan fingerprint density at radius 2 is 1.15 bits per heavy atom. The van der Waals surface area contributed by atoms with Crippen molar-refractivity contribution in [2.45, 2.75) is 68.2 Å². The van der Waals surface area contributed by atoms with E-state index in [9.17, 15) is 0 Å². The van der Waals surface area contributed by atoms with Crippen molar-refractivity contribution < 1.29 is 0 Å². The van der Waals surface area contributed by atoms with Crippen LogP contribution < -0.4 is 0 Å². The van der Waals surface area contributed by atoms with Crippen molar-refractivity contribution in [3.63, 3.8) is 0 Å². The summed E-state index contributed by atoms with van der Waals surface area (Å²) in [5, 5.41) is 0. The molecule has 0 unspecified atom stereocenters. The summed E-state index contributed by atoms with van der Waals surface area (Å²) < 4.78 is 0. The van der Waals surface area contributed by atoms with Gasteiger partial charge in [0, 0.05) is 0 Å².